The van der Waals surface area contributed by atoms with E-state index >= 15 is 0 Å². The van der Waals surface area contributed by atoms with Gasteiger partial charge in [0.05, 0.1) is 5.56 Å². The van der Waals surface area contributed by atoms with Crippen molar-refractivity contribution in [2.24, 2.45) is 0 Å². The van der Waals surface area contributed by atoms with Gasteiger partial charge in [-0.2, -0.15) is 13.2 Å². The van der Waals surface area contributed by atoms with Gasteiger partial charge < -0.3 is 10.4 Å². The van der Waals surface area contributed by atoms with Gasteiger partial charge in [0.25, 0.3) is 0 Å². The summed E-state index contributed by atoms with van der Waals surface area (Å²) in [4.78, 5) is 20.8. The number of aliphatic carboxylic acids is 1. The van der Waals surface area contributed by atoms with E-state index in [-0.39, 0.29) is 0 Å². The molecule has 0 saturated carbocycles. The standard InChI is InChI=1S/C9H5F4NO3/c10-6-2-1-4(14-7(15)8(16)17)3-5(6)9(11,12)13/h1-3H,(H,14,15)(H,16,17). The predicted octanol–water partition coefficient (Wildman–Crippen LogP) is 1.87. The van der Waals surface area contributed by atoms with Gasteiger partial charge in [-0.3, -0.25) is 4.79 Å². The number of carbonyl (C=O) groups excluding carboxylic acids is 1. The average molecular weight is 251 g/mol. The number of carboxylic acids is 1. The Morgan fingerprint density at radius 3 is 2.29 bits per heavy atom. The molecule has 0 aliphatic carbocycles. The molecule has 1 aromatic carbocycles. The first-order valence-corrected chi connectivity index (χ1v) is 4.13. The summed E-state index contributed by atoms with van der Waals surface area (Å²) in [5, 5.41) is 9.89. The maximum absolute atomic E-state index is 12.8. The van der Waals surface area contributed by atoms with E-state index in [2.05, 4.69) is 0 Å². The lowest BCUT2D eigenvalue weighted by Gasteiger charge is -2.10. The Kier molecular flexibility index (Phi) is 3.35. The highest BCUT2D eigenvalue weighted by Gasteiger charge is 2.34. The van der Waals surface area contributed by atoms with Crippen LogP contribution in [-0.4, -0.2) is 17.0 Å². The molecule has 92 valence electrons. The smallest absolute Gasteiger partial charge is 0.419 e. The molecule has 0 saturated heterocycles. The summed E-state index contributed by atoms with van der Waals surface area (Å²) in [5.41, 5.74) is -2.04. The van der Waals surface area contributed by atoms with E-state index in [4.69, 9.17) is 5.11 Å². The molecular formula is C9H5F4NO3. The third kappa shape index (κ3) is 3.16. The van der Waals surface area contributed by atoms with Gasteiger partial charge in [0.15, 0.2) is 0 Å². The van der Waals surface area contributed by atoms with Gasteiger partial charge in [-0.05, 0) is 18.2 Å². The van der Waals surface area contributed by atoms with Crippen molar-refractivity contribution in [3.63, 3.8) is 0 Å². The SMILES string of the molecule is O=C(O)C(=O)Nc1ccc(F)c(C(F)(F)F)c1. The molecule has 0 aliphatic rings. The van der Waals surface area contributed by atoms with Crippen LogP contribution >= 0.6 is 0 Å². The summed E-state index contributed by atoms with van der Waals surface area (Å²) < 4.78 is 49.6. The van der Waals surface area contributed by atoms with Crippen LogP contribution in [0.1, 0.15) is 5.56 Å². The highest BCUT2D eigenvalue weighted by Crippen LogP contribution is 2.32. The zero-order chi connectivity index (χ0) is 13.2. The summed E-state index contributed by atoms with van der Waals surface area (Å²) in [6.07, 6.45) is -4.92. The molecule has 1 aromatic rings. The number of carbonyl (C=O) groups is 2. The molecular weight excluding hydrogens is 246 g/mol. The molecule has 0 unspecified atom stereocenters. The van der Waals surface area contributed by atoms with E-state index in [1.807, 2.05) is 0 Å². The maximum Gasteiger partial charge on any atom is 0.419 e. The lowest BCUT2D eigenvalue weighted by atomic mass is 10.2. The van der Waals surface area contributed by atoms with Gasteiger partial charge in [0.1, 0.15) is 5.82 Å². The number of alkyl halides is 3. The monoisotopic (exact) mass is 251 g/mol. The van der Waals surface area contributed by atoms with E-state index in [0.717, 1.165) is 6.07 Å². The number of carboxylic acid groups (broad SMARTS) is 1. The average Bonchev–Trinajstić information content (AvgIpc) is 2.19. The summed E-state index contributed by atoms with van der Waals surface area (Å²) in [5.74, 6) is -4.88. The molecule has 17 heavy (non-hydrogen) atoms. The van der Waals surface area contributed by atoms with Crippen LogP contribution in [0.3, 0.4) is 0 Å². The predicted molar refractivity (Wildman–Crippen MR) is 47.7 cm³/mol. The molecule has 1 rings (SSSR count). The Morgan fingerprint density at radius 1 is 1.24 bits per heavy atom. The Hall–Kier alpha value is -2.12. The molecule has 0 atom stereocenters. The minimum Gasteiger partial charge on any atom is -0.474 e. The van der Waals surface area contributed by atoms with Crippen molar-refractivity contribution in [1.29, 1.82) is 0 Å². The zero-order valence-electron chi connectivity index (χ0n) is 8.01. The lowest BCUT2D eigenvalue weighted by Crippen LogP contribution is -2.22. The number of halogens is 4. The van der Waals surface area contributed by atoms with Crippen molar-refractivity contribution in [1.82, 2.24) is 0 Å². The number of amides is 1. The third-order valence-electron chi connectivity index (χ3n) is 1.72. The second kappa shape index (κ2) is 4.40. The van der Waals surface area contributed by atoms with Gasteiger partial charge in [-0.25, -0.2) is 9.18 Å². The summed E-state index contributed by atoms with van der Waals surface area (Å²) in [7, 11) is 0. The normalized spacial score (nSPS) is 11.1. The first-order chi connectivity index (χ1) is 7.71. The van der Waals surface area contributed by atoms with Gasteiger partial charge in [-0.15, -0.1) is 0 Å². The second-order valence-electron chi connectivity index (χ2n) is 2.95. The second-order valence-corrected chi connectivity index (χ2v) is 2.95. The number of nitrogens with one attached hydrogen (secondary N) is 1. The van der Waals surface area contributed by atoms with Crippen molar-refractivity contribution < 1.29 is 32.3 Å². The van der Waals surface area contributed by atoms with Crippen LogP contribution in [0.5, 0.6) is 0 Å². The first kappa shape index (κ1) is 12.9. The Morgan fingerprint density at radius 2 is 1.82 bits per heavy atom. The number of benzene rings is 1. The highest BCUT2D eigenvalue weighted by molar-refractivity contribution is 6.36. The minimum absolute atomic E-state index is 0.316. The highest BCUT2D eigenvalue weighted by atomic mass is 19.4. The van der Waals surface area contributed by atoms with Crippen LogP contribution < -0.4 is 5.32 Å². The fourth-order valence-corrected chi connectivity index (χ4v) is 1.00. The van der Waals surface area contributed by atoms with Crippen LogP contribution in [0.15, 0.2) is 18.2 Å². The quantitative estimate of drug-likeness (QED) is 0.591. The fraction of sp³-hybridized carbons (Fsp3) is 0.111. The molecule has 8 heteroatoms. The Bertz CT molecular complexity index is 470. The van der Waals surface area contributed by atoms with Crippen LogP contribution in [0.2, 0.25) is 0 Å². The Balaban J connectivity index is 3.05. The first-order valence-electron chi connectivity index (χ1n) is 4.13. The van der Waals surface area contributed by atoms with Crippen molar-refractivity contribution in [2.45, 2.75) is 6.18 Å². The number of hydrogen-bond donors (Lipinski definition) is 2. The molecule has 0 radical (unpaired) electrons. The molecule has 0 aromatic heterocycles. The molecule has 0 bridgehead atoms. The van der Waals surface area contributed by atoms with Crippen LogP contribution in [0, 0.1) is 5.82 Å². The molecule has 0 heterocycles. The topological polar surface area (TPSA) is 66.4 Å². The molecule has 0 fully saturated rings. The van der Waals surface area contributed by atoms with Gasteiger partial charge in [0, 0.05) is 5.69 Å². The van der Waals surface area contributed by atoms with E-state index < -0.39 is 35.1 Å². The van der Waals surface area contributed by atoms with E-state index in [9.17, 15) is 27.2 Å². The third-order valence-corrected chi connectivity index (χ3v) is 1.72. The maximum atomic E-state index is 12.8. The van der Waals surface area contributed by atoms with Crippen molar-refractivity contribution in [2.75, 3.05) is 5.32 Å². The van der Waals surface area contributed by atoms with Gasteiger partial charge >= 0.3 is 18.1 Å². The molecule has 4 nitrogen and oxygen atoms in total. The molecule has 0 spiro atoms. The van der Waals surface area contributed by atoms with Crippen LogP contribution in [0.25, 0.3) is 0 Å². The van der Waals surface area contributed by atoms with E-state index in [1.165, 1.54) is 0 Å². The van der Waals surface area contributed by atoms with Crippen molar-refractivity contribution >= 4 is 17.6 Å². The largest absolute Gasteiger partial charge is 0.474 e. The molecule has 1 amide bonds. The van der Waals surface area contributed by atoms with E-state index in [1.54, 1.807) is 5.32 Å². The van der Waals surface area contributed by atoms with Gasteiger partial charge in [0.2, 0.25) is 0 Å². The lowest BCUT2D eigenvalue weighted by molar-refractivity contribution is -0.147. The van der Waals surface area contributed by atoms with Gasteiger partial charge in [-0.1, -0.05) is 0 Å². The molecule has 0 aliphatic heterocycles. The number of hydrogen-bond acceptors (Lipinski definition) is 2. The van der Waals surface area contributed by atoms with Crippen LogP contribution in [0.4, 0.5) is 23.2 Å². The Labute approximate surface area is 91.9 Å². The number of rotatable bonds is 1. The molecule has 2 N–H and O–H groups in total. The van der Waals surface area contributed by atoms with Crippen molar-refractivity contribution in [3.05, 3.63) is 29.6 Å². The van der Waals surface area contributed by atoms with Crippen LogP contribution in [-0.2, 0) is 15.8 Å². The fourth-order valence-electron chi connectivity index (χ4n) is 1.00. The van der Waals surface area contributed by atoms with E-state index in [0.29, 0.717) is 12.1 Å². The summed E-state index contributed by atoms with van der Waals surface area (Å²) in [6.45, 7) is 0. The summed E-state index contributed by atoms with van der Waals surface area (Å²) in [6, 6.07) is 1.63. The summed E-state index contributed by atoms with van der Waals surface area (Å²) >= 11 is 0. The zero-order valence-corrected chi connectivity index (χ0v) is 8.01. The minimum atomic E-state index is -4.92. The number of anilines is 1. The van der Waals surface area contributed by atoms with Crippen molar-refractivity contribution in [3.8, 4) is 0 Å².